The number of benzene rings is 1. The van der Waals surface area contributed by atoms with Gasteiger partial charge >= 0.3 is 0 Å². The first-order valence-electron chi connectivity index (χ1n) is 5.84. The Morgan fingerprint density at radius 3 is 2.71 bits per heavy atom. The number of nitrogens with two attached hydrogens (primary N) is 1. The van der Waals surface area contributed by atoms with Crippen molar-refractivity contribution in [2.24, 2.45) is 11.1 Å². The molecule has 0 amide bonds. The summed E-state index contributed by atoms with van der Waals surface area (Å²) in [6.07, 6.45) is 2.02. The van der Waals surface area contributed by atoms with Crippen LogP contribution in [0.5, 0.6) is 5.75 Å². The maximum atomic E-state index is 6.09. The van der Waals surface area contributed by atoms with Gasteiger partial charge in [-0.25, -0.2) is 0 Å². The van der Waals surface area contributed by atoms with Gasteiger partial charge in [-0.05, 0) is 24.6 Å². The minimum Gasteiger partial charge on any atom is -0.488 e. The van der Waals surface area contributed by atoms with Gasteiger partial charge in [-0.2, -0.15) is 0 Å². The van der Waals surface area contributed by atoms with Gasteiger partial charge in [0.05, 0.1) is 5.02 Å². The highest BCUT2D eigenvalue weighted by Gasteiger charge is 2.50. The summed E-state index contributed by atoms with van der Waals surface area (Å²) < 4.78 is 5.94. The Labute approximate surface area is 112 Å². The highest BCUT2D eigenvalue weighted by Crippen LogP contribution is 2.45. The third kappa shape index (κ3) is 2.26. The summed E-state index contributed by atoms with van der Waals surface area (Å²) in [5.41, 5.74) is 6.08. The Morgan fingerprint density at radius 1 is 1.47 bits per heavy atom. The summed E-state index contributed by atoms with van der Waals surface area (Å²) in [7, 11) is 0. The van der Waals surface area contributed by atoms with Crippen LogP contribution in [0.4, 0.5) is 0 Å². The largest absolute Gasteiger partial charge is 0.488 e. The van der Waals surface area contributed by atoms with Gasteiger partial charge < -0.3 is 10.5 Å². The first-order valence-corrected chi connectivity index (χ1v) is 6.60. The van der Waals surface area contributed by atoms with Crippen LogP contribution in [0.2, 0.25) is 10.0 Å². The summed E-state index contributed by atoms with van der Waals surface area (Å²) in [4.78, 5) is 0. The van der Waals surface area contributed by atoms with Gasteiger partial charge in [0, 0.05) is 22.9 Å². The van der Waals surface area contributed by atoms with Crippen LogP contribution in [-0.2, 0) is 0 Å². The van der Waals surface area contributed by atoms with Crippen molar-refractivity contribution in [1.82, 2.24) is 0 Å². The third-order valence-corrected chi connectivity index (χ3v) is 4.51. The van der Waals surface area contributed by atoms with Gasteiger partial charge in [-0.1, -0.05) is 37.0 Å². The van der Waals surface area contributed by atoms with Crippen molar-refractivity contribution >= 4 is 23.2 Å². The van der Waals surface area contributed by atoms with E-state index in [2.05, 4.69) is 13.8 Å². The van der Waals surface area contributed by atoms with E-state index in [4.69, 9.17) is 33.7 Å². The normalized spacial score (nSPS) is 32.1. The molecule has 17 heavy (non-hydrogen) atoms. The molecule has 0 heterocycles. The Kier molecular flexibility index (Phi) is 3.58. The lowest BCUT2D eigenvalue weighted by atomic mass is 9.62. The van der Waals surface area contributed by atoms with Crippen LogP contribution in [0, 0.1) is 5.41 Å². The molecule has 1 saturated carbocycles. The second-order valence-corrected chi connectivity index (χ2v) is 5.73. The molecule has 1 aromatic carbocycles. The number of hydrogen-bond acceptors (Lipinski definition) is 2. The molecule has 2 rings (SSSR count). The second-order valence-electron chi connectivity index (χ2n) is 4.88. The summed E-state index contributed by atoms with van der Waals surface area (Å²) in [6, 6.07) is 5.50. The topological polar surface area (TPSA) is 35.2 Å². The number of ether oxygens (including phenoxy) is 1. The summed E-state index contributed by atoms with van der Waals surface area (Å²) in [6.45, 7) is 4.30. The van der Waals surface area contributed by atoms with Crippen LogP contribution in [0.25, 0.3) is 0 Å². The van der Waals surface area contributed by atoms with Crippen molar-refractivity contribution in [3.63, 3.8) is 0 Å². The van der Waals surface area contributed by atoms with E-state index in [1.165, 1.54) is 0 Å². The summed E-state index contributed by atoms with van der Waals surface area (Å²) >= 11 is 11.9. The van der Waals surface area contributed by atoms with Crippen LogP contribution < -0.4 is 10.5 Å². The zero-order chi connectivity index (χ0) is 12.6. The molecule has 3 unspecified atom stereocenters. The second kappa shape index (κ2) is 4.68. The van der Waals surface area contributed by atoms with Crippen molar-refractivity contribution in [1.29, 1.82) is 0 Å². The van der Waals surface area contributed by atoms with E-state index in [1.807, 2.05) is 6.07 Å². The van der Waals surface area contributed by atoms with Gasteiger partial charge in [0.1, 0.15) is 11.9 Å². The molecule has 0 spiro atoms. The minimum atomic E-state index is 0.0446. The smallest absolute Gasteiger partial charge is 0.138 e. The van der Waals surface area contributed by atoms with Crippen LogP contribution in [0.3, 0.4) is 0 Å². The van der Waals surface area contributed by atoms with E-state index < -0.39 is 0 Å². The van der Waals surface area contributed by atoms with Gasteiger partial charge in [0.25, 0.3) is 0 Å². The molecule has 1 aliphatic rings. The fraction of sp³-hybridized carbons (Fsp3) is 0.538. The first-order chi connectivity index (χ1) is 7.97. The average molecular weight is 274 g/mol. The van der Waals surface area contributed by atoms with Crippen molar-refractivity contribution in [3.05, 3.63) is 28.2 Å². The molecule has 3 atom stereocenters. The number of rotatable bonds is 3. The molecular formula is C13H17Cl2NO. The van der Waals surface area contributed by atoms with E-state index in [1.54, 1.807) is 12.1 Å². The maximum Gasteiger partial charge on any atom is 0.138 e. The fourth-order valence-electron chi connectivity index (χ4n) is 2.24. The Bertz CT molecular complexity index is 424. The van der Waals surface area contributed by atoms with E-state index in [-0.39, 0.29) is 17.6 Å². The van der Waals surface area contributed by atoms with Gasteiger partial charge in [-0.3, -0.25) is 0 Å². The number of hydrogen-bond donors (Lipinski definition) is 1. The predicted molar refractivity (Wildman–Crippen MR) is 71.9 cm³/mol. The SMILES string of the molecule is CCC1(C)C(N)CC1Oc1ccc(Cl)cc1Cl. The molecule has 2 N–H and O–H groups in total. The average Bonchev–Trinajstić information content (AvgIpc) is 2.30. The van der Waals surface area contributed by atoms with Gasteiger partial charge in [0.15, 0.2) is 0 Å². The molecule has 0 bridgehead atoms. The molecule has 2 nitrogen and oxygen atoms in total. The molecule has 1 aliphatic carbocycles. The van der Waals surface area contributed by atoms with E-state index in [0.29, 0.717) is 15.8 Å². The highest BCUT2D eigenvalue weighted by atomic mass is 35.5. The molecule has 0 radical (unpaired) electrons. The van der Waals surface area contributed by atoms with Crippen molar-refractivity contribution in [3.8, 4) is 5.75 Å². The predicted octanol–water partition coefficient (Wildman–Crippen LogP) is 3.89. The molecular weight excluding hydrogens is 257 g/mol. The quantitative estimate of drug-likeness (QED) is 0.907. The molecule has 0 aromatic heterocycles. The molecule has 1 aromatic rings. The van der Waals surface area contributed by atoms with Crippen molar-refractivity contribution in [2.45, 2.75) is 38.8 Å². The first kappa shape index (κ1) is 13.0. The minimum absolute atomic E-state index is 0.0446. The monoisotopic (exact) mass is 273 g/mol. The van der Waals surface area contributed by atoms with Crippen LogP contribution in [0.15, 0.2) is 18.2 Å². The molecule has 0 aliphatic heterocycles. The number of halogens is 2. The van der Waals surface area contributed by atoms with Crippen LogP contribution in [0.1, 0.15) is 26.7 Å². The van der Waals surface area contributed by atoms with Crippen molar-refractivity contribution in [2.75, 3.05) is 0 Å². The van der Waals surface area contributed by atoms with Crippen LogP contribution in [-0.4, -0.2) is 12.1 Å². The Balaban J connectivity index is 2.12. The zero-order valence-electron chi connectivity index (χ0n) is 10.0. The van der Waals surface area contributed by atoms with Crippen LogP contribution >= 0.6 is 23.2 Å². The Hall–Kier alpha value is -0.440. The highest BCUT2D eigenvalue weighted by molar-refractivity contribution is 6.35. The summed E-state index contributed by atoms with van der Waals surface area (Å²) in [5.74, 6) is 0.688. The molecule has 1 fully saturated rings. The molecule has 0 saturated heterocycles. The third-order valence-electron chi connectivity index (χ3n) is 3.98. The zero-order valence-corrected chi connectivity index (χ0v) is 11.6. The van der Waals surface area contributed by atoms with E-state index >= 15 is 0 Å². The lowest BCUT2D eigenvalue weighted by Crippen LogP contribution is -2.61. The fourth-order valence-corrected chi connectivity index (χ4v) is 2.70. The van der Waals surface area contributed by atoms with Gasteiger partial charge in [0.2, 0.25) is 0 Å². The maximum absolute atomic E-state index is 6.09. The molecule has 4 heteroatoms. The van der Waals surface area contributed by atoms with Crippen molar-refractivity contribution < 1.29 is 4.74 Å². The van der Waals surface area contributed by atoms with Gasteiger partial charge in [-0.15, -0.1) is 0 Å². The lowest BCUT2D eigenvalue weighted by Gasteiger charge is -2.51. The Morgan fingerprint density at radius 2 is 2.18 bits per heavy atom. The molecule has 94 valence electrons. The van der Waals surface area contributed by atoms with E-state index in [9.17, 15) is 0 Å². The summed E-state index contributed by atoms with van der Waals surface area (Å²) in [5, 5.41) is 1.17. The van der Waals surface area contributed by atoms with E-state index in [0.717, 1.165) is 12.8 Å². The standard InChI is InChI=1S/C13H17Cl2NO/c1-3-13(2)11(16)7-12(13)17-10-5-4-8(14)6-9(10)15/h4-6,11-12H,3,7,16H2,1-2H3. The lowest BCUT2D eigenvalue weighted by molar-refractivity contribution is -0.0559.